The quantitative estimate of drug-likeness (QED) is 0.384. The number of nitrogens with zero attached hydrogens (tertiary/aromatic N) is 1. The van der Waals surface area contributed by atoms with E-state index in [9.17, 15) is 0 Å². The zero-order chi connectivity index (χ0) is 13.8. The molecule has 19 heavy (non-hydrogen) atoms. The van der Waals surface area contributed by atoms with Crippen LogP contribution in [0.4, 0.5) is 0 Å². The minimum absolute atomic E-state index is 0.0242. The molecule has 0 amide bonds. The summed E-state index contributed by atoms with van der Waals surface area (Å²) in [4.78, 5) is 0. The molecule has 98 valence electrons. The van der Waals surface area contributed by atoms with Crippen LogP contribution in [0.15, 0.2) is 52.1 Å². The van der Waals surface area contributed by atoms with Crippen LogP contribution in [-0.2, 0) is 0 Å². The van der Waals surface area contributed by atoms with Gasteiger partial charge in [-0.1, -0.05) is 28.9 Å². The average molecular weight is 342 g/mol. The third-order valence-electron chi connectivity index (χ3n) is 2.39. The van der Waals surface area contributed by atoms with Gasteiger partial charge in [0, 0.05) is 10.0 Å². The predicted molar refractivity (Wildman–Crippen MR) is 78.2 cm³/mol. The zero-order valence-electron chi connectivity index (χ0n) is 9.68. The van der Waals surface area contributed by atoms with Gasteiger partial charge in [-0.05, 0) is 46.3 Å². The second kappa shape index (κ2) is 5.95. The van der Waals surface area contributed by atoms with E-state index in [1.807, 2.05) is 12.1 Å². The Kier molecular flexibility index (Phi) is 4.29. The van der Waals surface area contributed by atoms with Crippen molar-refractivity contribution < 1.29 is 9.94 Å². The van der Waals surface area contributed by atoms with Crippen LogP contribution in [-0.4, -0.2) is 11.0 Å². The first-order valence-electron chi connectivity index (χ1n) is 5.31. The topological polar surface area (TPSA) is 67.8 Å². The molecule has 0 saturated heterocycles. The summed E-state index contributed by atoms with van der Waals surface area (Å²) in [5, 5.41) is 12.1. The van der Waals surface area contributed by atoms with Crippen molar-refractivity contribution in [1.82, 2.24) is 0 Å². The highest BCUT2D eigenvalue weighted by atomic mass is 79.9. The Morgan fingerprint density at radius 3 is 2.63 bits per heavy atom. The van der Waals surface area contributed by atoms with Crippen LogP contribution < -0.4 is 10.5 Å². The highest BCUT2D eigenvalue weighted by molar-refractivity contribution is 9.10. The SMILES string of the molecule is N/C(=N/O)c1ccc(Oc2ccccc2Cl)cc1Br. The summed E-state index contributed by atoms with van der Waals surface area (Å²) in [6, 6.07) is 12.3. The Balaban J connectivity index is 2.29. The monoisotopic (exact) mass is 340 g/mol. The van der Waals surface area contributed by atoms with Gasteiger partial charge in [0.15, 0.2) is 5.84 Å². The smallest absolute Gasteiger partial charge is 0.171 e. The second-order valence-corrected chi connectivity index (χ2v) is 4.92. The van der Waals surface area contributed by atoms with Crippen molar-refractivity contribution in [1.29, 1.82) is 0 Å². The third-order valence-corrected chi connectivity index (χ3v) is 3.36. The maximum atomic E-state index is 8.65. The molecule has 2 aromatic rings. The second-order valence-electron chi connectivity index (χ2n) is 3.66. The van der Waals surface area contributed by atoms with Gasteiger partial charge in [0.05, 0.1) is 5.02 Å². The van der Waals surface area contributed by atoms with E-state index >= 15 is 0 Å². The molecular weight excluding hydrogens is 332 g/mol. The number of para-hydroxylation sites is 1. The summed E-state index contributed by atoms with van der Waals surface area (Å²) >= 11 is 9.34. The Morgan fingerprint density at radius 1 is 1.26 bits per heavy atom. The number of hydrogen-bond acceptors (Lipinski definition) is 3. The van der Waals surface area contributed by atoms with Crippen molar-refractivity contribution in [2.24, 2.45) is 10.9 Å². The van der Waals surface area contributed by atoms with Gasteiger partial charge in [0.2, 0.25) is 0 Å². The van der Waals surface area contributed by atoms with E-state index in [0.717, 1.165) is 0 Å². The van der Waals surface area contributed by atoms with Gasteiger partial charge in [-0.25, -0.2) is 0 Å². The zero-order valence-corrected chi connectivity index (χ0v) is 12.0. The molecule has 0 fully saturated rings. The van der Waals surface area contributed by atoms with Crippen molar-refractivity contribution in [2.75, 3.05) is 0 Å². The Morgan fingerprint density at radius 2 is 2.00 bits per heavy atom. The summed E-state index contributed by atoms with van der Waals surface area (Å²) in [5.41, 5.74) is 6.11. The van der Waals surface area contributed by atoms with Gasteiger partial charge < -0.3 is 15.7 Å². The molecule has 0 aromatic heterocycles. The molecule has 0 aliphatic rings. The summed E-state index contributed by atoms with van der Waals surface area (Å²) in [7, 11) is 0. The fraction of sp³-hybridized carbons (Fsp3) is 0. The van der Waals surface area contributed by atoms with Gasteiger partial charge >= 0.3 is 0 Å². The summed E-state index contributed by atoms with van der Waals surface area (Å²) in [6.45, 7) is 0. The van der Waals surface area contributed by atoms with Crippen LogP contribution in [0.1, 0.15) is 5.56 Å². The molecule has 3 N–H and O–H groups in total. The minimum atomic E-state index is 0.0242. The molecule has 4 nitrogen and oxygen atoms in total. The van der Waals surface area contributed by atoms with Crippen molar-refractivity contribution in [2.45, 2.75) is 0 Å². The van der Waals surface area contributed by atoms with E-state index in [-0.39, 0.29) is 5.84 Å². The molecule has 0 bridgehead atoms. The number of ether oxygens (including phenoxy) is 1. The third kappa shape index (κ3) is 3.19. The van der Waals surface area contributed by atoms with Gasteiger partial charge in [-0.3, -0.25) is 0 Å². The minimum Gasteiger partial charge on any atom is -0.456 e. The lowest BCUT2D eigenvalue weighted by atomic mass is 10.2. The lowest BCUT2D eigenvalue weighted by Gasteiger charge is -2.09. The normalized spacial score (nSPS) is 11.4. The van der Waals surface area contributed by atoms with E-state index in [1.165, 1.54) is 0 Å². The highest BCUT2D eigenvalue weighted by Gasteiger charge is 2.08. The van der Waals surface area contributed by atoms with E-state index < -0.39 is 0 Å². The van der Waals surface area contributed by atoms with Crippen LogP contribution in [0.25, 0.3) is 0 Å². The fourth-order valence-electron chi connectivity index (χ4n) is 1.48. The lowest BCUT2D eigenvalue weighted by Crippen LogP contribution is -2.13. The number of amidine groups is 1. The first-order valence-corrected chi connectivity index (χ1v) is 6.48. The maximum absolute atomic E-state index is 8.65. The lowest BCUT2D eigenvalue weighted by molar-refractivity contribution is 0.318. The standard InChI is InChI=1S/C13H10BrClN2O2/c14-10-7-8(5-6-9(10)13(16)17-18)19-12-4-2-1-3-11(12)15/h1-7,18H,(H2,16,17). The van der Waals surface area contributed by atoms with Crippen molar-refractivity contribution in [3.63, 3.8) is 0 Å². The Bertz CT molecular complexity index is 632. The van der Waals surface area contributed by atoms with Crippen LogP contribution >= 0.6 is 27.5 Å². The number of benzene rings is 2. The number of hydrogen-bond donors (Lipinski definition) is 2. The molecule has 6 heteroatoms. The van der Waals surface area contributed by atoms with E-state index in [0.29, 0.717) is 26.6 Å². The molecule has 2 aromatic carbocycles. The molecule has 2 rings (SSSR count). The molecule has 0 aliphatic carbocycles. The van der Waals surface area contributed by atoms with Crippen LogP contribution in [0.5, 0.6) is 11.5 Å². The van der Waals surface area contributed by atoms with E-state index in [1.54, 1.807) is 30.3 Å². The molecule has 0 unspecified atom stereocenters. The Labute approximate surface area is 123 Å². The molecule has 0 spiro atoms. The molecule has 0 atom stereocenters. The Hall–Kier alpha value is -1.72. The van der Waals surface area contributed by atoms with Gasteiger partial charge in [0.25, 0.3) is 0 Å². The van der Waals surface area contributed by atoms with E-state index in [2.05, 4.69) is 21.1 Å². The summed E-state index contributed by atoms with van der Waals surface area (Å²) in [5.74, 6) is 1.18. The molecule has 0 saturated carbocycles. The molecule has 0 aliphatic heterocycles. The molecule has 0 radical (unpaired) electrons. The summed E-state index contributed by atoms with van der Waals surface area (Å²) in [6.07, 6.45) is 0. The van der Waals surface area contributed by atoms with Crippen LogP contribution in [0.3, 0.4) is 0 Å². The number of halogens is 2. The number of rotatable bonds is 3. The van der Waals surface area contributed by atoms with Gasteiger partial charge in [-0.2, -0.15) is 0 Å². The van der Waals surface area contributed by atoms with Gasteiger partial charge in [-0.15, -0.1) is 0 Å². The van der Waals surface area contributed by atoms with Crippen molar-refractivity contribution >= 4 is 33.4 Å². The maximum Gasteiger partial charge on any atom is 0.171 e. The van der Waals surface area contributed by atoms with Crippen molar-refractivity contribution in [3.05, 3.63) is 57.5 Å². The predicted octanol–water partition coefficient (Wildman–Crippen LogP) is 3.99. The van der Waals surface area contributed by atoms with Crippen LogP contribution in [0, 0.1) is 0 Å². The van der Waals surface area contributed by atoms with Crippen molar-refractivity contribution in [3.8, 4) is 11.5 Å². The molecule has 0 heterocycles. The summed E-state index contributed by atoms with van der Waals surface area (Å²) < 4.78 is 6.31. The number of nitrogens with two attached hydrogens (primary N) is 1. The molecular formula is C13H10BrClN2O2. The average Bonchev–Trinajstić information content (AvgIpc) is 2.41. The fourth-order valence-corrected chi connectivity index (χ4v) is 2.21. The largest absolute Gasteiger partial charge is 0.456 e. The van der Waals surface area contributed by atoms with Crippen LogP contribution in [0.2, 0.25) is 5.02 Å². The first kappa shape index (κ1) is 13.7. The van der Waals surface area contributed by atoms with E-state index in [4.69, 9.17) is 27.3 Å². The van der Waals surface area contributed by atoms with Gasteiger partial charge in [0.1, 0.15) is 11.5 Å². The highest BCUT2D eigenvalue weighted by Crippen LogP contribution is 2.31. The first-order chi connectivity index (χ1) is 9.11. The number of oxime groups is 1.